The monoisotopic (exact) mass is 463 g/mol. The van der Waals surface area contributed by atoms with Gasteiger partial charge < -0.3 is 20.9 Å². The van der Waals surface area contributed by atoms with Gasteiger partial charge in [-0.05, 0) is 31.5 Å². The summed E-state index contributed by atoms with van der Waals surface area (Å²) in [5.41, 5.74) is 7.15. The zero-order chi connectivity index (χ0) is 18.5. The van der Waals surface area contributed by atoms with Gasteiger partial charge in [0.2, 0.25) is 0 Å². The lowest BCUT2D eigenvalue weighted by Crippen LogP contribution is -2.44. The number of nitrogens with one attached hydrogen (secondary N) is 1. The molecule has 0 spiro atoms. The molecular weight excluding hydrogens is 441 g/mol. The van der Waals surface area contributed by atoms with E-state index in [-0.39, 0.29) is 4.05 Å². The maximum absolute atomic E-state index is 9.19. The number of aromatic nitrogens is 2. The molecule has 0 aromatic carbocycles. The van der Waals surface area contributed by atoms with Crippen LogP contribution in [0.15, 0.2) is 42.4 Å². The molecule has 8 heteroatoms. The van der Waals surface area contributed by atoms with Crippen LogP contribution < -0.4 is 16.0 Å². The number of likely N-dealkylation sites (N-methyl/N-ethyl adjacent to an activating group) is 1. The molecule has 3 rings (SSSR count). The van der Waals surface area contributed by atoms with Crippen LogP contribution in [0, 0.1) is 11.3 Å². The Morgan fingerprint density at radius 1 is 1.58 bits per heavy atom. The molecular formula is C18H22IN7. The van der Waals surface area contributed by atoms with Crippen molar-refractivity contribution in [2.45, 2.75) is 22.9 Å². The van der Waals surface area contributed by atoms with Gasteiger partial charge in [0.15, 0.2) is 5.82 Å². The van der Waals surface area contributed by atoms with Crippen molar-refractivity contribution in [3.8, 4) is 6.07 Å². The summed E-state index contributed by atoms with van der Waals surface area (Å²) in [6.07, 6.45) is 11.1. The summed E-state index contributed by atoms with van der Waals surface area (Å²) < 4.78 is 0.0343. The third kappa shape index (κ3) is 3.99. The molecule has 136 valence electrons. The zero-order valence-electron chi connectivity index (χ0n) is 14.6. The SMILES string of the molecule is CN(c1ccnc(/C(=C/N)N2C=C(C#N)C=CC2I)n1)[C@@H]1CCCNC1. The Kier molecular flexibility index (Phi) is 6.11. The molecule has 2 atom stereocenters. The highest BCUT2D eigenvalue weighted by atomic mass is 127. The number of allylic oxidation sites excluding steroid dienone is 2. The topological polar surface area (TPSA) is 94.1 Å². The highest BCUT2D eigenvalue weighted by molar-refractivity contribution is 14.1. The minimum absolute atomic E-state index is 0.0343. The van der Waals surface area contributed by atoms with E-state index >= 15 is 0 Å². The van der Waals surface area contributed by atoms with Gasteiger partial charge in [-0.25, -0.2) is 9.97 Å². The number of alkyl halides is 1. The van der Waals surface area contributed by atoms with Gasteiger partial charge >= 0.3 is 0 Å². The molecule has 0 amide bonds. The number of anilines is 1. The average Bonchev–Trinajstić information content (AvgIpc) is 2.70. The number of nitriles is 1. The Labute approximate surface area is 167 Å². The highest BCUT2D eigenvalue weighted by Crippen LogP contribution is 2.28. The van der Waals surface area contributed by atoms with Crippen molar-refractivity contribution in [1.29, 1.82) is 5.26 Å². The van der Waals surface area contributed by atoms with Crippen molar-refractivity contribution < 1.29 is 0 Å². The molecule has 2 aliphatic heterocycles. The fourth-order valence-electron chi connectivity index (χ4n) is 3.10. The number of halogens is 1. The third-order valence-corrected chi connectivity index (χ3v) is 5.61. The Balaban J connectivity index is 1.87. The molecule has 1 fully saturated rings. The van der Waals surface area contributed by atoms with Crippen LogP contribution in [0.4, 0.5) is 5.82 Å². The molecule has 0 aliphatic carbocycles. The van der Waals surface area contributed by atoms with Crippen molar-refractivity contribution >= 4 is 34.1 Å². The Hall–Kier alpha value is -2.12. The summed E-state index contributed by atoms with van der Waals surface area (Å²) in [5, 5.41) is 12.6. The fourth-order valence-corrected chi connectivity index (χ4v) is 3.77. The molecule has 1 aromatic heterocycles. The van der Waals surface area contributed by atoms with Gasteiger partial charge in [-0.2, -0.15) is 5.26 Å². The zero-order valence-corrected chi connectivity index (χ0v) is 16.8. The first-order valence-corrected chi connectivity index (χ1v) is 9.80. The molecule has 3 N–H and O–H groups in total. The van der Waals surface area contributed by atoms with Gasteiger partial charge in [-0.3, -0.25) is 0 Å². The molecule has 0 saturated carbocycles. The molecule has 1 unspecified atom stereocenters. The smallest absolute Gasteiger partial charge is 0.179 e. The van der Waals surface area contributed by atoms with Gasteiger partial charge in [-0.15, -0.1) is 0 Å². The summed E-state index contributed by atoms with van der Waals surface area (Å²) in [7, 11) is 2.06. The fraction of sp³-hybridized carbons (Fsp3) is 0.389. The van der Waals surface area contributed by atoms with Gasteiger partial charge in [0, 0.05) is 38.2 Å². The summed E-state index contributed by atoms with van der Waals surface area (Å²) in [6, 6.07) is 4.49. The van der Waals surface area contributed by atoms with Crippen molar-refractivity contribution in [1.82, 2.24) is 20.2 Å². The molecule has 0 radical (unpaired) electrons. The molecule has 7 nitrogen and oxygen atoms in total. The minimum Gasteiger partial charge on any atom is -0.403 e. The van der Waals surface area contributed by atoms with Crippen molar-refractivity contribution in [2.24, 2.45) is 5.73 Å². The second-order valence-corrected chi connectivity index (χ2v) is 7.51. The minimum atomic E-state index is 0.0343. The molecule has 3 heterocycles. The van der Waals surface area contributed by atoms with Crippen LogP contribution >= 0.6 is 22.6 Å². The number of rotatable bonds is 4. The maximum atomic E-state index is 9.19. The molecule has 1 aromatic rings. The van der Waals surface area contributed by atoms with Gasteiger partial charge in [0.1, 0.15) is 21.6 Å². The average molecular weight is 463 g/mol. The first kappa shape index (κ1) is 18.7. The van der Waals surface area contributed by atoms with Crippen LogP contribution in [0.5, 0.6) is 0 Å². The van der Waals surface area contributed by atoms with Crippen LogP contribution in [-0.2, 0) is 0 Å². The summed E-state index contributed by atoms with van der Waals surface area (Å²) >= 11 is 2.28. The van der Waals surface area contributed by atoms with E-state index in [1.807, 2.05) is 23.1 Å². The highest BCUT2D eigenvalue weighted by Gasteiger charge is 2.23. The van der Waals surface area contributed by atoms with E-state index in [9.17, 15) is 5.26 Å². The van der Waals surface area contributed by atoms with Gasteiger partial charge in [0.05, 0.1) is 5.57 Å². The number of hydrogen-bond acceptors (Lipinski definition) is 7. The van der Waals surface area contributed by atoms with Crippen LogP contribution in [0.1, 0.15) is 18.7 Å². The Morgan fingerprint density at radius 3 is 3.12 bits per heavy atom. The normalized spacial score (nSPS) is 23.3. The van der Waals surface area contributed by atoms with E-state index in [4.69, 9.17) is 10.7 Å². The second kappa shape index (κ2) is 8.51. The predicted molar refractivity (Wildman–Crippen MR) is 111 cm³/mol. The van der Waals surface area contributed by atoms with Crippen molar-refractivity contribution in [2.75, 3.05) is 25.0 Å². The van der Waals surface area contributed by atoms with E-state index in [0.717, 1.165) is 25.3 Å². The lowest BCUT2D eigenvalue weighted by Gasteiger charge is -2.33. The summed E-state index contributed by atoms with van der Waals surface area (Å²) in [5.74, 6) is 1.41. The van der Waals surface area contributed by atoms with E-state index in [2.05, 4.69) is 50.9 Å². The number of piperidine rings is 1. The van der Waals surface area contributed by atoms with Crippen LogP contribution in [0.3, 0.4) is 0 Å². The first-order chi connectivity index (χ1) is 12.6. The lowest BCUT2D eigenvalue weighted by atomic mass is 10.1. The summed E-state index contributed by atoms with van der Waals surface area (Å²) in [4.78, 5) is 13.3. The van der Waals surface area contributed by atoms with Crippen LogP contribution in [0.2, 0.25) is 0 Å². The Bertz CT molecular complexity index is 774. The van der Waals surface area contributed by atoms with Gasteiger partial charge in [-0.1, -0.05) is 28.7 Å². The van der Waals surface area contributed by atoms with E-state index in [1.54, 1.807) is 12.4 Å². The summed E-state index contributed by atoms with van der Waals surface area (Å²) in [6.45, 7) is 2.03. The van der Waals surface area contributed by atoms with Gasteiger partial charge in [0.25, 0.3) is 0 Å². The Morgan fingerprint density at radius 2 is 2.42 bits per heavy atom. The standard InChI is InChI=1S/C18H22IN7/c1-25(14-3-2-7-22-11-14)17-6-8-23-18(24-17)15(10-21)26-12-13(9-20)4-5-16(26)19/h4-6,8,10,12,14,16,22H,2-3,7,11,21H2,1H3/b15-10-/t14-,16?/m1/s1. The van der Waals surface area contributed by atoms with E-state index in [1.165, 1.54) is 12.6 Å². The predicted octanol–water partition coefficient (Wildman–Crippen LogP) is 1.96. The second-order valence-electron chi connectivity index (χ2n) is 6.24. The third-order valence-electron chi connectivity index (χ3n) is 4.59. The van der Waals surface area contributed by atoms with Crippen molar-refractivity contribution in [3.05, 3.63) is 48.2 Å². The molecule has 0 bridgehead atoms. The van der Waals surface area contributed by atoms with E-state index in [0.29, 0.717) is 23.1 Å². The first-order valence-electron chi connectivity index (χ1n) is 8.55. The number of hydrogen-bond donors (Lipinski definition) is 2. The van der Waals surface area contributed by atoms with Crippen LogP contribution in [0.25, 0.3) is 5.70 Å². The maximum Gasteiger partial charge on any atom is 0.179 e. The van der Waals surface area contributed by atoms with Crippen LogP contribution in [-0.4, -0.2) is 45.1 Å². The number of nitrogens with zero attached hydrogens (tertiary/aromatic N) is 5. The lowest BCUT2D eigenvalue weighted by molar-refractivity contribution is 0.443. The number of nitrogens with two attached hydrogens (primary N) is 1. The quantitative estimate of drug-likeness (QED) is 0.401. The molecule has 2 aliphatic rings. The largest absolute Gasteiger partial charge is 0.403 e. The molecule has 26 heavy (non-hydrogen) atoms. The molecule has 1 saturated heterocycles. The van der Waals surface area contributed by atoms with E-state index < -0.39 is 0 Å². The van der Waals surface area contributed by atoms with Crippen molar-refractivity contribution in [3.63, 3.8) is 0 Å².